The Morgan fingerprint density at radius 1 is 0.792 bits per heavy atom. The maximum atomic E-state index is 15.3. The second kappa shape index (κ2) is 11.4. The normalized spacial score (nSPS) is 27.9. The number of aromatic hydroxyl groups is 1. The zero-order chi connectivity index (χ0) is 33.5. The monoisotopic (exact) mass is 768 g/mol. The summed E-state index contributed by atoms with van der Waals surface area (Å²) in [5.41, 5.74) is 2.51. The van der Waals surface area contributed by atoms with Crippen LogP contribution in [0.4, 0.5) is 11.4 Å². The first kappa shape index (κ1) is 31.0. The molecule has 0 radical (unpaired) electrons. The van der Waals surface area contributed by atoms with Crippen molar-refractivity contribution in [3.05, 3.63) is 134 Å². The highest BCUT2D eigenvalue weighted by Crippen LogP contribution is 2.64. The van der Waals surface area contributed by atoms with E-state index >= 15 is 4.79 Å². The number of benzene rings is 4. The van der Waals surface area contributed by atoms with Crippen molar-refractivity contribution in [3.63, 3.8) is 0 Å². The van der Waals surface area contributed by atoms with Gasteiger partial charge in [0, 0.05) is 14.5 Å². The number of hydrogen-bond donors (Lipinski definition) is 1. The topological polar surface area (TPSA) is 95.0 Å². The number of allylic oxidation sites excluding steroid dienone is 2. The van der Waals surface area contributed by atoms with E-state index in [9.17, 15) is 19.5 Å². The van der Waals surface area contributed by atoms with Crippen molar-refractivity contribution in [2.75, 3.05) is 9.80 Å². The summed E-state index contributed by atoms with van der Waals surface area (Å²) in [6.45, 7) is 1.80. The van der Waals surface area contributed by atoms with Crippen LogP contribution in [0.3, 0.4) is 0 Å². The third kappa shape index (κ3) is 4.38. The maximum Gasteiger partial charge on any atom is 0.246 e. The van der Waals surface area contributed by atoms with Gasteiger partial charge in [-0.1, -0.05) is 71.8 Å². The van der Waals surface area contributed by atoms with Crippen molar-refractivity contribution >= 4 is 69.2 Å². The number of amides is 4. The van der Waals surface area contributed by atoms with Crippen LogP contribution >= 0.6 is 34.2 Å². The van der Waals surface area contributed by atoms with Gasteiger partial charge in [0.2, 0.25) is 23.6 Å². The Bertz CT molecular complexity index is 2060. The van der Waals surface area contributed by atoms with E-state index in [1.165, 1.54) is 9.80 Å². The Labute approximate surface area is 296 Å². The van der Waals surface area contributed by atoms with Crippen LogP contribution in [0.15, 0.2) is 109 Å². The molecule has 6 atom stereocenters. The molecule has 2 saturated heterocycles. The zero-order valence-electron chi connectivity index (χ0n) is 25.8. The fourth-order valence-corrected chi connectivity index (χ4v) is 9.37. The number of phenols is 1. The van der Waals surface area contributed by atoms with Crippen LogP contribution in [0, 0.1) is 34.2 Å². The standard InChI is InChI=1S/C39H30ClIN2O5/c1-21-18-22(10-17-32(21)44)34-28-15-16-29-33(37(47)42(35(29)45)26-13-11-25(41)12-14-26)30(28)20-31-36(46)43(27-9-5-8-24(40)19-27)38(48)39(31,34)23-6-3-2-4-7-23/h2-15,17-19,29-31,33-34,44H,16,20H2,1H3. The van der Waals surface area contributed by atoms with Crippen LogP contribution in [0.25, 0.3) is 0 Å². The molecule has 240 valence electrons. The lowest BCUT2D eigenvalue weighted by Gasteiger charge is -2.50. The third-order valence-electron chi connectivity index (χ3n) is 10.8. The van der Waals surface area contributed by atoms with Gasteiger partial charge in [-0.05, 0) is 113 Å². The molecule has 7 nitrogen and oxygen atoms in total. The van der Waals surface area contributed by atoms with Crippen molar-refractivity contribution < 1.29 is 24.3 Å². The highest BCUT2D eigenvalue weighted by Gasteiger charge is 2.70. The fourth-order valence-electron chi connectivity index (χ4n) is 8.82. The Morgan fingerprint density at radius 2 is 1.54 bits per heavy atom. The quantitative estimate of drug-likeness (QED) is 0.133. The average Bonchev–Trinajstić information content (AvgIpc) is 3.47. The van der Waals surface area contributed by atoms with Crippen LogP contribution in [0.1, 0.15) is 35.4 Å². The number of fused-ring (bicyclic) bond motifs is 4. The smallest absolute Gasteiger partial charge is 0.246 e. The Balaban J connectivity index is 1.35. The lowest BCUT2D eigenvalue weighted by molar-refractivity contribution is -0.127. The Kier molecular flexibility index (Phi) is 7.37. The molecule has 0 aromatic heterocycles. The predicted molar refractivity (Wildman–Crippen MR) is 191 cm³/mol. The molecule has 0 spiro atoms. The summed E-state index contributed by atoms with van der Waals surface area (Å²) in [6, 6.07) is 28.8. The fraction of sp³-hybridized carbons (Fsp3) is 0.231. The lowest BCUT2D eigenvalue weighted by Crippen LogP contribution is -2.53. The van der Waals surface area contributed by atoms with E-state index in [-0.39, 0.29) is 35.8 Å². The molecule has 48 heavy (non-hydrogen) atoms. The van der Waals surface area contributed by atoms with Gasteiger partial charge >= 0.3 is 0 Å². The molecule has 3 fully saturated rings. The minimum atomic E-state index is -1.36. The molecule has 2 aliphatic heterocycles. The van der Waals surface area contributed by atoms with Crippen LogP contribution < -0.4 is 9.80 Å². The molecule has 9 heteroatoms. The van der Waals surface area contributed by atoms with E-state index in [0.29, 0.717) is 33.9 Å². The molecule has 4 aliphatic rings. The first-order valence-electron chi connectivity index (χ1n) is 15.9. The molecule has 4 amide bonds. The molecule has 2 aliphatic carbocycles. The summed E-state index contributed by atoms with van der Waals surface area (Å²) in [6.07, 6.45) is 2.60. The van der Waals surface area contributed by atoms with Crippen molar-refractivity contribution in [2.24, 2.45) is 23.7 Å². The molecular formula is C39H30ClIN2O5. The van der Waals surface area contributed by atoms with Gasteiger partial charge < -0.3 is 5.11 Å². The van der Waals surface area contributed by atoms with Crippen LogP contribution in [-0.2, 0) is 24.6 Å². The number of aryl methyl sites for hydroxylation is 1. The summed E-state index contributed by atoms with van der Waals surface area (Å²) in [5.74, 6) is -4.36. The van der Waals surface area contributed by atoms with Crippen molar-refractivity contribution in [2.45, 2.75) is 31.1 Å². The number of hydrogen-bond acceptors (Lipinski definition) is 5. The van der Waals surface area contributed by atoms with Crippen LogP contribution in [0.2, 0.25) is 5.02 Å². The lowest BCUT2D eigenvalue weighted by atomic mass is 9.49. The number of carbonyl (C=O) groups excluding carboxylic acids is 4. The number of anilines is 2. The summed E-state index contributed by atoms with van der Waals surface area (Å²) >= 11 is 8.57. The molecule has 4 aromatic carbocycles. The van der Waals surface area contributed by atoms with Crippen molar-refractivity contribution in [1.82, 2.24) is 0 Å². The molecule has 8 rings (SSSR count). The van der Waals surface area contributed by atoms with Gasteiger partial charge in [0.15, 0.2) is 0 Å². The minimum Gasteiger partial charge on any atom is -0.508 e. The predicted octanol–water partition coefficient (Wildman–Crippen LogP) is 7.33. The van der Waals surface area contributed by atoms with Gasteiger partial charge in [-0.3, -0.25) is 24.1 Å². The first-order valence-corrected chi connectivity index (χ1v) is 17.4. The highest BCUT2D eigenvalue weighted by molar-refractivity contribution is 14.1. The van der Waals surface area contributed by atoms with E-state index in [0.717, 1.165) is 14.7 Å². The van der Waals surface area contributed by atoms with E-state index in [1.54, 1.807) is 49.4 Å². The van der Waals surface area contributed by atoms with Gasteiger partial charge in [-0.2, -0.15) is 0 Å². The number of carbonyl (C=O) groups is 4. The summed E-state index contributed by atoms with van der Waals surface area (Å²) < 4.78 is 0.988. The molecule has 2 heterocycles. The average molecular weight is 769 g/mol. The van der Waals surface area contributed by atoms with Gasteiger partial charge in [0.05, 0.1) is 34.5 Å². The Morgan fingerprint density at radius 3 is 2.25 bits per heavy atom. The van der Waals surface area contributed by atoms with E-state index in [2.05, 4.69) is 22.6 Å². The second-order valence-corrected chi connectivity index (χ2v) is 14.8. The number of phenolic OH excluding ortho intramolecular Hbond substituents is 1. The zero-order valence-corrected chi connectivity index (χ0v) is 28.8. The third-order valence-corrected chi connectivity index (χ3v) is 11.8. The largest absolute Gasteiger partial charge is 0.508 e. The number of rotatable bonds is 4. The SMILES string of the molecule is Cc1cc(C2C3=CCC4C(=O)N(c5ccc(I)cc5)C(=O)C4C3CC3C(=O)N(c4cccc(Cl)c4)C(=O)C32c2ccccc2)ccc1O. The van der Waals surface area contributed by atoms with Crippen molar-refractivity contribution in [1.29, 1.82) is 0 Å². The van der Waals surface area contributed by atoms with Gasteiger partial charge in [-0.15, -0.1) is 0 Å². The van der Waals surface area contributed by atoms with Crippen molar-refractivity contribution in [3.8, 4) is 5.75 Å². The molecule has 6 unspecified atom stereocenters. The second-order valence-electron chi connectivity index (χ2n) is 13.1. The highest BCUT2D eigenvalue weighted by atomic mass is 127. The number of halogens is 2. The summed E-state index contributed by atoms with van der Waals surface area (Å²) in [4.78, 5) is 61.0. The summed E-state index contributed by atoms with van der Waals surface area (Å²) in [5, 5.41) is 10.9. The van der Waals surface area contributed by atoms with E-state index in [1.807, 2.05) is 60.7 Å². The summed E-state index contributed by atoms with van der Waals surface area (Å²) in [7, 11) is 0. The van der Waals surface area contributed by atoms with Gasteiger partial charge in [-0.25, -0.2) is 4.90 Å². The molecular weight excluding hydrogens is 739 g/mol. The van der Waals surface area contributed by atoms with Crippen LogP contribution in [0.5, 0.6) is 5.75 Å². The van der Waals surface area contributed by atoms with E-state index < -0.39 is 35.0 Å². The van der Waals surface area contributed by atoms with Gasteiger partial charge in [0.1, 0.15) is 5.75 Å². The minimum absolute atomic E-state index is 0.119. The van der Waals surface area contributed by atoms with E-state index in [4.69, 9.17) is 11.6 Å². The molecule has 1 N–H and O–H groups in total. The Hall–Kier alpha value is -4.28. The number of imide groups is 2. The number of nitrogens with zero attached hydrogens (tertiary/aromatic N) is 2. The van der Waals surface area contributed by atoms with Gasteiger partial charge in [0.25, 0.3) is 0 Å². The van der Waals surface area contributed by atoms with Crippen LogP contribution in [-0.4, -0.2) is 28.7 Å². The molecule has 4 aromatic rings. The molecule has 1 saturated carbocycles. The molecule has 0 bridgehead atoms. The maximum absolute atomic E-state index is 15.3. The first-order chi connectivity index (χ1) is 23.1.